The van der Waals surface area contributed by atoms with E-state index in [1.807, 2.05) is 0 Å². The Morgan fingerprint density at radius 3 is 2.81 bits per heavy atom. The Hall–Kier alpha value is -0.860. The molecule has 0 saturated heterocycles. The lowest BCUT2D eigenvalue weighted by Crippen LogP contribution is -2.35. The molecule has 3 atom stereocenters. The Kier molecular flexibility index (Phi) is 3.97. The minimum atomic E-state index is 0.321. The van der Waals surface area contributed by atoms with Gasteiger partial charge in [0.1, 0.15) is 0 Å². The molecular formula is C14H22N2. The van der Waals surface area contributed by atoms with Crippen molar-refractivity contribution >= 4 is 0 Å². The lowest BCUT2D eigenvalue weighted by atomic mass is 10.1. The molecule has 2 nitrogen and oxygen atoms in total. The van der Waals surface area contributed by atoms with E-state index in [0.29, 0.717) is 12.1 Å². The van der Waals surface area contributed by atoms with E-state index in [4.69, 9.17) is 5.73 Å². The van der Waals surface area contributed by atoms with Crippen molar-refractivity contribution in [1.82, 2.24) is 5.32 Å². The third-order valence-corrected chi connectivity index (χ3v) is 3.32. The molecule has 0 amide bonds. The summed E-state index contributed by atoms with van der Waals surface area (Å²) >= 11 is 0. The molecule has 0 radical (unpaired) electrons. The largest absolute Gasteiger partial charge is 0.327 e. The summed E-state index contributed by atoms with van der Waals surface area (Å²) in [6.45, 7) is 3.14. The van der Waals surface area contributed by atoms with Crippen LogP contribution in [0, 0.1) is 0 Å². The third-order valence-electron chi connectivity index (χ3n) is 3.32. The van der Waals surface area contributed by atoms with E-state index >= 15 is 0 Å². The topological polar surface area (TPSA) is 38.0 Å². The molecule has 2 heteroatoms. The van der Waals surface area contributed by atoms with Crippen molar-refractivity contribution in [3.63, 3.8) is 0 Å². The normalized spacial score (nSPS) is 25.4. The van der Waals surface area contributed by atoms with Crippen LogP contribution in [0.25, 0.3) is 0 Å². The van der Waals surface area contributed by atoms with Crippen LogP contribution in [0.4, 0.5) is 0 Å². The fraction of sp³-hybridized carbons (Fsp3) is 0.571. The van der Waals surface area contributed by atoms with Gasteiger partial charge < -0.3 is 11.1 Å². The second-order valence-electron chi connectivity index (χ2n) is 4.82. The predicted molar refractivity (Wildman–Crippen MR) is 68.5 cm³/mol. The average molecular weight is 218 g/mol. The van der Waals surface area contributed by atoms with Gasteiger partial charge in [0.15, 0.2) is 0 Å². The minimum Gasteiger partial charge on any atom is -0.327 e. The van der Waals surface area contributed by atoms with E-state index in [9.17, 15) is 0 Å². The van der Waals surface area contributed by atoms with Crippen molar-refractivity contribution in [2.45, 2.75) is 44.2 Å². The summed E-state index contributed by atoms with van der Waals surface area (Å²) in [6, 6.07) is 11.7. The maximum absolute atomic E-state index is 5.98. The molecule has 3 N–H and O–H groups in total. The van der Waals surface area contributed by atoms with Gasteiger partial charge in [0.25, 0.3) is 0 Å². The van der Waals surface area contributed by atoms with Gasteiger partial charge in [-0.05, 0) is 18.4 Å². The number of nitrogens with one attached hydrogen (secondary N) is 1. The molecule has 2 rings (SSSR count). The SMILES string of the molecule is CCCC(N)CNC1CC1c1ccccc1. The molecule has 88 valence electrons. The van der Waals surface area contributed by atoms with Crippen molar-refractivity contribution in [2.24, 2.45) is 5.73 Å². The van der Waals surface area contributed by atoms with Crippen LogP contribution in [0.3, 0.4) is 0 Å². The molecule has 0 aromatic heterocycles. The maximum atomic E-state index is 5.98. The highest BCUT2D eigenvalue weighted by Gasteiger charge is 2.37. The molecule has 1 aromatic carbocycles. The zero-order valence-corrected chi connectivity index (χ0v) is 10.0. The van der Waals surface area contributed by atoms with Gasteiger partial charge in [0.2, 0.25) is 0 Å². The molecule has 1 aliphatic carbocycles. The Bertz CT molecular complexity index is 310. The highest BCUT2D eigenvalue weighted by atomic mass is 15.0. The van der Waals surface area contributed by atoms with Gasteiger partial charge in [-0.3, -0.25) is 0 Å². The zero-order valence-electron chi connectivity index (χ0n) is 10.0. The monoisotopic (exact) mass is 218 g/mol. The molecule has 3 unspecified atom stereocenters. The van der Waals surface area contributed by atoms with E-state index in [1.54, 1.807) is 0 Å². The molecule has 0 spiro atoms. The van der Waals surface area contributed by atoms with Crippen LogP contribution >= 0.6 is 0 Å². The Morgan fingerprint density at radius 1 is 1.38 bits per heavy atom. The fourth-order valence-corrected chi connectivity index (χ4v) is 2.26. The Balaban J connectivity index is 1.72. The van der Waals surface area contributed by atoms with Crippen molar-refractivity contribution in [3.05, 3.63) is 35.9 Å². The number of benzene rings is 1. The smallest absolute Gasteiger partial charge is 0.0165 e. The van der Waals surface area contributed by atoms with E-state index in [0.717, 1.165) is 18.9 Å². The first-order valence-corrected chi connectivity index (χ1v) is 6.35. The first-order chi connectivity index (χ1) is 7.81. The molecule has 0 bridgehead atoms. The summed E-state index contributed by atoms with van der Waals surface area (Å²) in [7, 11) is 0. The van der Waals surface area contributed by atoms with Gasteiger partial charge in [-0.2, -0.15) is 0 Å². The van der Waals surface area contributed by atoms with E-state index in [-0.39, 0.29) is 0 Å². The predicted octanol–water partition coefficient (Wildman–Crippen LogP) is 2.26. The van der Waals surface area contributed by atoms with Crippen LogP contribution in [0.2, 0.25) is 0 Å². The zero-order chi connectivity index (χ0) is 11.4. The first-order valence-electron chi connectivity index (χ1n) is 6.35. The summed E-state index contributed by atoms with van der Waals surface area (Å²) in [4.78, 5) is 0. The average Bonchev–Trinajstić information content (AvgIpc) is 3.07. The van der Waals surface area contributed by atoms with Gasteiger partial charge in [0, 0.05) is 24.5 Å². The van der Waals surface area contributed by atoms with Gasteiger partial charge in [-0.15, -0.1) is 0 Å². The molecule has 1 saturated carbocycles. The summed E-state index contributed by atoms with van der Waals surface area (Å²) in [5.41, 5.74) is 7.44. The second kappa shape index (κ2) is 5.46. The van der Waals surface area contributed by atoms with Crippen LogP contribution in [-0.4, -0.2) is 18.6 Å². The molecule has 0 heterocycles. The summed E-state index contributed by atoms with van der Waals surface area (Å²) in [5, 5.41) is 3.56. The van der Waals surface area contributed by atoms with Gasteiger partial charge in [0.05, 0.1) is 0 Å². The summed E-state index contributed by atoms with van der Waals surface area (Å²) in [6.07, 6.45) is 3.56. The van der Waals surface area contributed by atoms with E-state index < -0.39 is 0 Å². The number of rotatable bonds is 6. The van der Waals surface area contributed by atoms with Crippen LogP contribution in [-0.2, 0) is 0 Å². The molecule has 1 aliphatic rings. The van der Waals surface area contributed by atoms with Crippen LogP contribution in [0.5, 0.6) is 0 Å². The molecular weight excluding hydrogens is 196 g/mol. The highest BCUT2D eigenvalue weighted by molar-refractivity contribution is 5.27. The number of hydrogen-bond acceptors (Lipinski definition) is 2. The molecule has 0 aliphatic heterocycles. The lowest BCUT2D eigenvalue weighted by Gasteiger charge is -2.11. The minimum absolute atomic E-state index is 0.321. The third kappa shape index (κ3) is 3.06. The van der Waals surface area contributed by atoms with E-state index in [2.05, 4.69) is 42.6 Å². The first kappa shape index (κ1) is 11.6. The standard InChI is InChI=1S/C14H22N2/c1-2-6-12(15)10-16-14-9-13(14)11-7-4-3-5-8-11/h3-5,7-8,12-14,16H,2,6,9-10,15H2,1H3. The van der Waals surface area contributed by atoms with Gasteiger partial charge in [-0.1, -0.05) is 43.7 Å². The number of hydrogen-bond donors (Lipinski definition) is 2. The van der Waals surface area contributed by atoms with Crippen molar-refractivity contribution in [3.8, 4) is 0 Å². The highest BCUT2D eigenvalue weighted by Crippen LogP contribution is 2.40. The fourth-order valence-electron chi connectivity index (χ4n) is 2.26. The van der Waals surface area contributed by atoms with Crippen molar-refractivity contribution in [1.29, 1.82) is 0 Å². The summed E-state index contributed by atoms with van der Waals surface area (Å²) in [5.74, 6) is 0.718. The van der Waals surface area contributed by atoms with Crippen molar-refractivity contribution in [2.75, 3.05) is 6.54 Å². The number of nitrogens with two attached hydrogens (primary N) is 1. The van der Waals surface area contributed by atoms with Crippen LogP contribution < -0.4 is 11.1 Å². The van der Waals surface area contributed by atoms with Crippen LogP contribution in [0.1, 0.15) is 37.7 Å². The maximum Gasteiger partial charge on any atom is 0.0165 e. The Morgan fingerprint density at radius 2 is 2.12 bits per heavy atom. The quantitative estimate of drug-likeness (QED) is 0.768. The molecule has 1 fully saturated rings. The van der Waals surface area contributed by atoms with Crippen LogP contribution in [0.15, 0.2) is 30.3 Å². The lowest BCUT2D eigenvalue weighted by molar-refractivity contribution is 0.533. The van der Waals surface area contributed by atoms with Gasteiger partial charge in [-0.25, -0.2) is 0 Å². The van der Waals surface area contributed by atoms with Gasteiger partial charge >= 0.3 is 0 Å². The van der Waals surface area contributed by atoms with Crippen molar-refractivity contribution < 1.29 is 0 Å². The molecule has 1 aromatic rings. The van der Waals surface area contributed by atoms with E-state index in [1.165, 1.54) is 18.4 Å². The summed E-state index contributed by atoms with van der Waals surface area (Å²) < 4.78 is 0. The second-order valence-corrected chi connectivity index (χ2v) is 4.82. The Labute approximate surface area is 98.2 Å². The molecule has 16 heavy (non-hydrogen) atoms.